The molecule has 110 valence electrons. The smallest absolute Gasteiger partial charge is 0.0842 e. The number of rotatable bonds is 4. The normalized spacial score (nSPS) is 19.0. The first kappa shape index (κ1) is 14.6. The number of nitrogens with two attached hydrogens (primary N) is 1. The average molecular weight is 302 g/mol. The first-order chi connectivity index (χ1) is 10.2. The van der Waals surface area contributed by atoms with Gasteiger partial charge in [0.05, 0.1) is 12.7 Å². The standard InChI is InChI=1S/C18H20ClNO/c19-15-6-3-4-13(10-15)11-16(20)12-18-17-7-2-1-5-14(17)8-9-21-18/h1-7,10,16,18H,8-9,11-12,20H2. The largest absolute Gasteiger partial charge is 0.373 e. The Morgan fingerprint density at radius 3 is 2.90 bits per heavy atom. The van der Waals surface area contributed by atoms with Crippen LogP contribution in [0.5, 0.6) is 0 Å². The molecule has 0 amide bonds. The van der Waals surface area contributed by atoms with Gasteiger partial charge in [0.25, 0.3) is 0 Å². The van der Waals surface area contributed by atoms with Gasteiger partial charge in [-0.15, -0.1) is 0 Å². The molecule has 0 spiro atoms. The molecule has 3 heteroatoms. The van der Waals surface area contributed by atoms with Crippen LogP contribution >= 0.6 is 11.6 Å². The quantitative estimate of drug-likeness (QED) is 0.929. The molecule has 3 rings (SSSR count). The highest BCUT2D eigenvalue weighted by molar-refractivity contribution is 6.30. The number of hydrogen-bond acceptors (Lipinski definition) is 2. The van der Waals surface area contributed by atoms with Crippen LogP contribution in [0.4, 0.5) is 0 Å². The average Bonchev–Trinajstić information content (AvgIpc) is 2.47. The van der Waals surface area contributed by atoms with Crippen molar-refractivity contribution < 1.29 is 4.74 Å². The van der Waals surface area contributed by atoms with Crippen LogP contribution in [0.2, 0.25) is 5.02 Å². The molecule has 0 bridgehead atoms. The van der Waals surface area contributed by atoms with Crippen molar-refractivity contribution in [3.05, 3.63) is 70.2 Å². The number of benzene rings is 2. The van der Waals surface area contributed by atoms with E-state index in [1.165, 1.54) is 16.7 Å². The molecular weight excluding hydrogens is 282 g/mol. The van der Waals surface area contributed by atoms with E-state index < -0.39 is 0 Å². The molecule has 0 aromatic heterocycles. The van der Waals surface area contributed by atoms with Crippen molar-refractivity contribution in [2.24, 2.45) is 5.73 Å². The summed E-state index contributed by atoms with van der Waals surface area (Å²) in [4.78, 5) is 0. The SMILES string of the molecule is NC(Cc1cccc(Cl)c1)CC1OCCc2ccccc21. The van der Waals surface area contributed by atoms with Crippen molar-refractivity contribution in [2.45, 2.75) is 31.4 Å². The van der Waals surface area contributed by atoms with E-state index in [4.69, 9.17) is 22.1 Å². The third-order valence-corrected chi connectivity index (χ3v) is 4.23. The maximum absolute atomic E-state index is 6.32. The summed E-state index contributed by atoms with van der Waals surface area (Å²) in [5.74, 6) is 0. The highest BCUT2D eigenvalue weighted by Crippen LogP contribution is 2.30. The maximum Gasteiger partial charge on any atom is 0.0842 e. The minimum atomic E-state index is 0.0691. The van der Waals surface area contributed by atoms with Crippen LogP contribution in [0.3, 0.4) is 0 Å². The van der Waals surface area contributed by atoms with Crippen LogP contribution in [0, 0.1) is 0 Å². The Bertz CT molecular complexity index is 614. The second kappa shape index (κ2) is 6.61. The molecule has 2 N–H and O–H groups in total. The molecule has 1 aliphatic rings. The van der Waals surface area contributed by atoms with Crippen molar-refractivity contribution in [1.82, 2.24) is 0 Å². The lowest BCUT2D eigenvalue weighted by Crippen LogP contribution is -2.28. The van der Waals surface area contributed by atoms with Gasteiger partial charge in [0, 0.05) is 11.1 Å². The van der Waals surface area contributed by atoms with E-state index in [9.17, 15) is 0 Å². The molecule has 0 radical (unpaired) electrons. The van der Waals surface area contributed by atoms with Crippen LogP contribution in [0.15, 0.2) is 48.5 Å². The molecule has 1 heterocycles. The minimum Gasteiger partial charge on any atom is -0.373 e. The highest BCUT2D eigenvalue weighted by atomic mass is 35.5. The van der Waals surface area contributed by atoms with Gasteiger partial charge >= 0.3 is 0 Å². The van der Waals surface area contributed by atoms with Crippen molar-refractivity contribution in [2.75, 3.05) is 6.61 Å². The van der Waals surface area contributed by atoms with E-state index in [2.05, 4.69) is 30.3 Å². The molecule has 21 heavy (non-hydrogen) atoms. The summed E-state index contributed by atoms with van der Waals surface area (Å²) in [5, 5.41) is 0.763. The second-order valence-electron chi connectivity index (χ2n) is 5.64. The Labute approximate surface area is 130 Å². The zero-order chi connectivity index (χ0) is 14.7. The van der Waals surface area contributed by atoms with Gasteiger partial charge < -0.3 is 10.5 Å². The molecule has 1 aliphatic heterocycles. The topological polar surface area (TPSA) is 35.2 Å². The maximum atomic E-state index is 6.32. The molecule has 0 fully saturated rings. The monoisotopic (exact) mass is 301 g/mol. The van der Waals surface area contributed by atoms with Crippen LogP contribution in [-0.4, -0.2) is 12.6 Å². The van der Waals surface area contributed by atoms with Gasteiger partial charge in [-0.25, -0.2) is 0 Å². The number of hydrogen-bond donors (Lipinski definition) is 1. The third-order valence-electron chi connectivity index (χ3n) is 4.00. The van der Waals surface area contributed by atoms with Gasteiger partial charge in [0.15, 0.2) is 0 Å². The Kier molecular flexibility index (Phi) is 4.59. The summed E-state index contributed by atoms with van der Waals surface area (Å²) in [7, 11) is 0. The predicted octanol–water partition coefficient (Wildman–Crippen LogP) is 3.91. The molecule has 2 unspecified atom stereocenters. The van der Waals surface area contributed by atoms with Crippen molar-refractivity contribution >= 4 is 11.6 Å². The molecule has 2 aromatic carbocycles. The van der Waals surface area contributed by atoms with Gasteiger partial charge in [-0.3, -0.25) is 0 Å². The molecule has 0 saturated heterocycles. The van der Waals surface area contributed by atoms with Gasteiger partial charge in [-0.05, 0) is 48.1 Å². The van der Waals surface area contributed by atoms with E-state index in [1.54, 1.807) is 0 Å². The summed E-state index contributed by atoms with van der Waals surface area (Å²) in [5.41, 5.74) is 10.2. The minimum absolute atomic E-state index is 0.0691. The van der Waals surface area contributed by atoms with Gasteiger partial charge in [0.2, 0.25) is 0 Å². The molecule has 2 aromatic rings. The summed E-state index contributed by atoms with van der Waals surface area (Å²) >= 11 is 6.02. The Morgan fingerprint density at radius 2 is 2.05 bits per heavy atom. The Morgan fingerprint density at radius 1 is 1.19 bits per heavy atom. The molecular formula is C18H20ClNO. The predicted molar refractivity (Wildman–Crippen MR) is 86.6 cm³/mol. The Hall–Kier alpha value is -1.35. The van der Waals surface area contributed by atoms with Gasteiger partial charge in [0.1, 0.15) is 0 Å². The summed E-state index contributed by atoms with van der Waals surface area (Å²) in [6.45, 7) is 0.783. The summed E-state index contributed by atoms with van der Waals surface area (Å²) in [6, 6.07) is 16.5. The van der Waals surface area contributed by atoms with E-state index in [1.807, 2.05) is 18.2 Å². The first-order valence-electron chi connectivity index (χ1n) is 7.42. The third kappa shape index (κ3) is 3.65. The number of ether oxygens (including phenoxy) is 1. The zero-order valence-corrected chi connectivity index (χ0v) is 12.7. The van der Waals surface area contributed by atoms with Crippen LogP contribution < -0.4 is 5.73 Å². The van der Waals surface area contributed by atoms with E-state index >= 15 is 0 Å². The van der Waals surface area contributed by atoms with Gasteiger partial charge in [-0.1, -0.05) is 48.0 Å². The van der Waals surface area contributed by atoms with Crippen LogP contribution in [0.25, 0.3) is 0 Å². The fraction of sp³-hybridized carbons (Fsp3) is 0.333. The molecule has 2 atom stereocenters. The van der Waals surface area contributed by atoms with Crippen molar-refractivity contribution in [3.63, 3.8) is 0 Å². The van der Waals surface area contributed by atoms with Crippen LogP contribution in [-0.2, 0) is 17.6 Å². The fourth-order valence-corrected chi connectivity index (χ4v) is 3.21. The second-order valence-corrected chi connectivity index (χ2v) is 6.07. The number of halogens is 1. The van der Waals surface area contributed by atoms with E-state index in [0.717, 1.165) is 30.9 Å². The lowest BCUT2D eigenvalue weighted by Gasteiger charge is -2.28. The first-order valence-corrected chi connectivity index (χ1v) is 7.79. The van der Waals surface area contributed by atoms with Crippen molar-refractivity contribution in [3.8, 4) is 0 Å². The lowest BCUT2D eigenvalue weighted by molar-refractivity contribution is 0.0321. The lowest BCUT2D eigenvalue weighted by atomic mass is 9.92. The van der Waals surface area contributed by atoms with E-state index in [0.29, 0.717) is 0 Å². The van der Waals surface area contributed by atoms with Gasteiger partial charge in [-0.2, -0.15) is 0 Å². The zero-order valence-electron chi connectivity index (χ0n) is 12.0. The molecule has 0 saturated carbocycles. The molecule has 0 aliphatic carbocycles. The molecule has 2 nitrogen and oxygen atoms in total. The fourth-order valence-electron chi connectivity index (χ4n) is 3.00. The summed E-state index contributed by atoms with van der Waals surface area (Å²) < 4.78 is 5.93. The summed E-state index contributed by atoms with van der Waals surface area (Å²) in [6.07, 6.45) is 2.77. The Balaban J connectivity index is 1.67. The van der Waals surface area contributed by atoms with E-state index in [-0.39, 0.29) is 12.1 Å². The highest BCUT2D eigenvalue weighted by Gasteiger charge is 2.22. The van der Waals surface area contributed by atoms with Crippen molar-refractivity contribution in [1.29, 1.82) is 0 Å². The van der Waals surface area contributed by atoms with Crippen LogP contribution in [0.1, 0.15) is 29.2 Å². The number of fused-ring (bicyclic) bond motifs is 1.